The molecule has 196 valence electrons. The van der Waals surface area contributed by atoms with Crippen molar-refractivity contribution in [2.24, 2.45) is 0 Å². The van der Waals surface area contributed by atoms with Crippen LogP contribution in [0.5, 0.6) is 5.75 Å². The second kappa shape index (κ2) is 11.3. The molecule has 2 fully saturated rings. The number of carbonyl (C=O) groups is 4. The quantitative estimate of drug-likeness (QED) is 0.547. The van der Waals surface area contributed by atoms with Crippen LogP contribution < -0.4 is 10.1 Å². The van der Waals surface area contributed by atoms with Crippen molar-refractivity contribution in [3.05, 3.63) is 65.7 Å². The fourth-order valence-corrected chi connectivity index (χ4v) is 4.78. The highest BCUT2D eigenvalue weighted by atomic mass is 16.5. The summed E-state index contributed by atoms with van der Waals surface area (Å²) in [6.45, 7) is 0.511. The van der Waals surface area contributed by atoms with Crippen LogP contribution in [0.4, 0.5) is 4.79 Å². The molecule has 2 N–H and O–H groups in total. The zero-order valence-corrected chi connectivity index (χ0v) is 20.9. The highest BCUT2D eigenvalue weighted by Gasteiger charge is 2.51. The Bertz CT molecular complexity index is 1140. The number of carbonyl (C=O) groups excluding carboxylic acids is 3. The van der Waals surface area contributed by atoms with Crippen LogP contribution in [-0.4, -0.2) is 94.7 Å². The van der Waals surface area contributed by atoms with Gasteiger partial charge in [-0.25, -0.2) is 14.8 Å². The lowest BCUT2D eigenvalue weighted by Gasteiger charge is -2.54. The fourth-order valence-electron chi connectivity index (χ4n) is 4.78. The first-order valence-corrected chi connectivity index (χ1v) is 12.0. The van der Waals surface area contributed by atoms with Crippen LogP contribution in [0.15, 0.2) is 54.6 Å². The molecule has 4 rings (SSSR count). The monoisotopic (exact) mass is 509 g/mol. The molecule has 2 aromatic carbocycles. The fraction of sp³-hybridized carbons (Fsp3) is 0.385. The number of hydrazine groups is 1. The second-order valence-corrected chi connectivity index (χ2v) is 9.08. The first-order chi connectivity index (χ1) is 17.8. The van der Waals surface area contributed by atoms with Crippen molar-refractivity contribution in [1.82, 2.24) is 25.1 Å². The van der Waals surface area contributed by atoms with Crippen LogP contribution in [0.25, 0.3) is 0 Å². The summed E-state index contributed by atoms with van der Waals surface area (Å²) in [5, 5.41) is 15.3. The van der Waals surface area contributed by atoms with Crippen molar-refractivity contribution in [3.8, 4) is 5.75 Å². The summed E-state index contributed by atoms with van der Waals surface area (Å²) in [5.41, 5.74) is 1.88. The molecule has 2 atom stereocenters. The van der Waals surface area contributed by atoms with E-state index in [9.17, 15) is 24.3 Å². The zero-order valence-electron chi connectivity index (χ0n) is 20.9. The summed E-state index contributed by atoms with van der Waals surface area (Å²) in [4.78, 5) is 54.2. The van der Waals surface area contributed by atoms with Gasteiger partial charge in [-0.1, -0.05) is 42.5 Å². The maximum atomic E-state index is 13.4. The minimum absolute atomic E-state index is 0.0694. The van der Waals surface area contributed by atoms with Gasteiger partial charge in [0.1, 0.15) is 18.0 Å². The number of aliphatic carboxylic acids is 1. The largest absolute Gasteiger partial charge is 0.497 e. The highest BCUT2D eigenvalue weighted by molar-refractivity contribution is 5.93. The predicted molar refractivity (Wildman–Crippen MR) is 133 cm³/mol. The number of nitrogens with one attached hydrogen (secondary N) is 1. The van der Waals surface area contributed by atoms with Gasteiger partial charge in [0.05, 0.1) is 26.6 Å². The van der Waals surface area contributed by atoms with Gasteiger partial charge in [0.25, 0.3) is 0 Å². The molecule has 2 aliphatic rings. The van der Waals surface area contributed by atoms with Gasteiger partial charge in [0, 0.05) is 20.1 Å². The number of nitrogens with zero attached hydrogens (tertiary/aromatic N) is 4. The van der Waals surface area contributed by atoms with Gasteiger partial charge in [0.15, 0.2) is 0 Å². The molecular weight excluding hydrogens is 478 g/mol. The summed E-state index contributed by atoms with van der Waals surface area (Å²) >= 11 is 0. The molecule has 1 unspecified atom stereocenters. The first kappa shape index (κ1) is 26.0. The maximum Gasteiger partial charge on any atom is 0.334 e. The Morgan fingerprint density at radius 2 is 1.76 bits per heavy atom. The average molecular weight is 510 g/mol. The molecule has 2 saturated heterocycles. The van der Waals surface area contributed by atoms with E-state index in [0.29, 0.717) is 13.0 Å². The third-order valence-corrected chi connectivity index (χ3v) is 6.63. The van der Waals surface area contributed by atoms with Crippen LogP contribution in [0.2, 0.25) is 0 Å². The molecule has 4 amide bonds. The van der Waals surface area contributed by atoms with E-state index in [2.05, 4.69) is 5.32 Å². The lowest BCUT2D eigenvalue weighted by atomic mass is 10.0. The molecular formula is C26H31N5O6. The average Bonchev–Trinajstić information content (AvgIpc) is 2.88. The Kier molecular flexibility index (Phi) is 7.92. The molecule has 0 aliphatic carbocycles. The molecule has 2 aromatic rings. The number of hydrogen-bond donors (Lipinski definition) is 2. The van der Waals surface area contributed by atoms with Gasteiger partial charge in [-0.15, -0.1) is 0 Å². The first-order valence-electron chi connectivity index (χ1n) is 12.0. The number of methoxy groups -OCH3 is 1. The molecule has 0 bridgehead atoms. The van der Waals surface area contributed by atoms with Crippen molar-refractivity contribution in [1.29, 1.82) is 0 Å². The van der Waals surface area contributed by atoms with E-state index in [1.807, 2.05) is 54.6 Å². The van der Waals surface area contributed by atoms with Gasteiger partial charge in [-0.3, -0.25) is 14.4 Å². The molecule has 0 spiro atoms. The molecule has 2 heterocycles. The number of carboxylic acids is 1. The van der Waals surface area contributed by atoms with Gasteiger partial charge >= 0.3 is 12.0 Å². The Labute approximate surface area is 215 Å². The molecule has 11 heteroatoms. The van der Waals surface area contributed by atoms with E-state index in [1.165, 1.54) is 14.9 Å². The van der Waals surface area contributed by atoms with Gasteiger partial charge < -0.3 is 25.0 Å². The Balaban J connectivity index is 1.56. The van der Waals surface area contributed by atoms with E-state index in [0.717, 1.165) is 16.9 Å². The van der Waals surface area contributed by atoms with Gasteiger partial charge in [-0.2, -0.15) is 0 Å². The Morgan fingerprint density at radius 3 is 2.41 bits per heavy atom. The van der Waals surface area contributed by atoms with Gasteiger partial charge in [0.2, 0.25) is 11.8 Å². The molecule has 2 aliphatic heterocycles. The van der Waals surface area contributed by atoms with E-state index >= 15 is 0 Å². The van der Waals surface area contributed by atoms with Crippen LogP contribution in [0.1, 0.15) is 17.5 Å². The summed E-state index contributed by atoms with van der Waals surface area (Å²) in [5.74, 6) is -1.31. The summed E-state index contributed by atoms with van der Waals surface area (Å²) in [6, 6.07) is 15.2. The number of hydrogen-bond acceptors (Lipinski definition) is 6. The molecule has 11 nitrogen and oxygen atoms in total. The molecule has 0 radical (unpaired) electrons. The predicted octanol–water partition coefficient (Wildman–Crippen LogP) is 1.15. The topological polar surface area (TPSA) is 123 Å². The summed E-state index contributed by atoms with van der Waals surface area (Å²) in [6.07, 6.45) is -0.852. The standard InChI is InChI=1S/C26H31N5O6/c1-28-17-23(32)30-21(14-24(33)34)25(35)29(13-12-18-8-10-20(37-2)11-9-18)16-22(30)31(28)26(36)27-15-19-6-4-3-5-7-19/h3-11,21-22H,12-17H2,1-2H3,(H,27,36)(H,33,34)/t21?,22-/m0/s1. The maximum absolute atomic E-state index is 13.4. The highest BCUT2D eigenvalue weighted by Crippen LogP contribution is 2.27. The smallest absolute Gasteiger partial charge is 0.334 e. The molecule has 0 saturated carbocycles. The SMILES string of the molecule is COc1ccc(CCN2C[C@H]3N(C(=O)CN(C)N3C(=O)NCc3ccccc3)C(CC(=O)O)C2=O)cc1. The minimum Gasteiger partial charge on any atom is -0.497 e. The second-order valence-electron chi connectivity index (χ2n) is 9.08. The van der Waals surface area contributed by atoms with Crippen LogP contribution in [-0.2, 0) is 27.3 Å². The number of fused-ring (bicyclic) bond motifs is 1. The van der Waals surface area contributed by atoms with Crippen molar-refractivity contribution < 1.29 is 29.0 Å². The number of piperazine rings is 1. The van der Waals surface area contributed by atoms with Crippen molar-refractivity contribution in [3.63, 3.8) is 0 Å². The lowest BCUT2D eigenvalue weighted by molar-refractivity contribution is -0.188. The lowest BCUT2D eigenvalue weighted by Crippen LogP contribution is -2.76. The van der Waals surface area contributed by atoms with Crippen molar-refractivity contribution in [2.75, 3.05) is 33.8 Å². The Hall–Kier alpha value is -4.12. The van der Waals surface area contributed by atoms with E-state index in [1.54, 1.807) is 19.1 Å². The van der Waals surface area contributed by atoms with E-state index in [4.69, 9.17) is 4.74 Å². The number of carboxylic acid groups (broad SMARTS) is 1. The van der Waals surface area contributed by atoms with Crippen molar-refractivity contribution in [2.45, 2.75) is 31.6 Å². The third kappa shape index (κ3) is 5.83. The van der Waals surface area contributed by atoms with Crippen LogP contribution in [0, 0.1) is 0 Å². The number of rotatable bonds is 8. The molecule has 37 heavy (non-hydrogen) atoms. The number of amides is 4. The minimum atomic E-state index is -1.20. The normalized spacial score (nSPS) is 20.0. The summed E-state index contributed by atoms with van der Waals surface area (Å²) < 4.78 is 5.19. The number of benzene rings is 2. The van der Waals surface area contributed by atoms with Crippen LogP contribution >= 0.6 is 0 Å². The zero-order chi connectivity index (χ0) is 26.5. The van der Waals surface area contributed by atoms with Crippen molar-refractivity contribution >= 4 is 23.8 Å². The third-order valence-electron chi connectivity index (χ3n) is 6.63. The molecule has 0 aromatic heterocycles. The van der Waals surface area contributed by atoms with Gasteiger partial charge in [-0.05, 0) is 29.7 Å². The number of likely N-dealkylation sites (N-methyl/N-ethyl adjacent to an activating group) is 1. The van der Waals surface area contributed by atoms with E-state index < -0.39 is 42.4 Å². The van der Waals surface area contributed by atoms with E-state index in [-0.39, 0.29) is 19.6 Å². The Morgan fingerprint density at radius 1 is 1.05 bits per heavy atom. The van der Waals surface area contributed by atoms with Crippen LogP contribution in [0.3, 0.4) is 0 Å². The number of urea groups is 1. The summed E-state index contributed by atoms with van der Waals surface area (Å²) in [7, 11) is 3.21. The number of ether oxygens (including phenoxy) is 1.